The van der Waals surface area contributed by atoms with E-state index in [1.54, 1.807) is 0 Å². The van der Waals surface area contributed by atoms with Gasteiger partial charge in [-0.3, -0.25) is 4.63 Å². The summed E-state index contributed by atoms with van der Waals surface area (Å²) in [5, 5.41) is 24.9. The van der Waals surface area contributed by atoms with Crippen molar-refractivity contribution in [2.24, 2.45) is 0 Å². The van der Waals surface area contributed by atoms with E-state index in [1.807, 2.05) is 6.07 Å². The predicted molar refractivity (Wildman–Crippen MR) is 25.2 cm³/mol. The Morgan fingerprint density at radius 1 is 1.89 bits per heavy atom. The summed E-state index contributed by atoms with van der Waals surface area (Å²) in [5.41, 5.74) is -0.134. The SMILES string of the molecule is [O-][N+]#Cc1cno[n+]1[O-]. The van der Waals surface area contributed by atoms with E-state index in [4.69, 9.17) is 0 Å². The standard InChI is InChI=1S/C3HN3O3/c7-4-1-3-2-5-9-6(3)8/h2H. The van der Waals surface area contributed by atoms with Gasteiger partial charge in [0.15, 0.2) is 0 Å². The van der Waals surface area contributed by atoms with Crippen LogP contribution in [0.3, 0.4) is 0 Å². The molecule has 1 heterocycles. The third-order valence-electron chi connectivity index (χ3n) is 0.653. The van der Waals surface area contributed by atoms with Crippen molar-refractivity contribution < 1.29 is 9.53 Å². The molecule has 0 aliphatic heterocycles. The van der Waals surface area contributed by atoms with Crippen LogP contribution in [0.2, 0.25) is 0 Å². The van der Waals surface area contributed by atoms with Crippen LogP contribution in [0.25, 0.3) is 5.01 Å². The summed E-state index contributed by atoms with van der Waals surface area (Å²) < 4.78 is 3.97. The Balaban J connectivity index is 3.03. The van der Waals surface area contributed by atoms with Crippen molar-refractivity contribution in [3.63, 3.8) is 0 Å². The minimum Gasteiger partial charge on any atom is -0.498 e. The molecule has 0 aromatic carbocycles. The molecule has 0 aliphatic rings. The van der Waals surface area contributed by atoms with E-state index in [0.717, 1.165) is 6.20 Å². The van der Waals surface area contributed by atoms with Crippen molar-refractivity contribution in [1.29, 1.82) is 0 Å². The van der Waals surface area contributed by atoms with Gasteiger partial charge >= 0.3 is 11.8 Å². The Labute approximate surface area is 49.2 Å². The van der Waals surface area contributed by atoms with Crippen LogP contribution in [0.15, 0.2) is 10.8 Å². The van der Waals surface area contributed by atoms with E-state index in [1.165, 1.54) is 0 Å². The average Bonchev–Trinajstić information content (AvgIpc) is 2.18. The predicted octanol–water partition coefficient (Wildman–Crippen LogP) is -0.513. The minimum absolute atomic E-state index is 0.0292. The first-order valence-corrected chi connectivity index (χ1v) is 1.97. The lowest BCUT2D eigenvalue weighted by Crippen LogP contribution is -2.25. The fourth-order valence-corrected chi connectivity index (χ4v) is 0.324. The summed E-state index contributed by atoms with van der Waals surface area (Å²) in [6.45, 7) is 0. The fraction of sp³-hybridized carbons (Fsp3) is 0. The molecular weight excluding hydrogens is 126 g/mol. The molecule has 0 fully saturated rings. The van der Waals surface area contributed by atoms with Gasteiger partial charge in [-0.1, -0.05) is 0 Å². The summed E-state index contributed by atoms with van der Waals surface area (Å²) in [5.74, 6) is 0. The van der Waals surface area contributed by atoms with Crippen LogP contribution < -0.4 is 4.90 Å². The number of rotatable bonds is 0. The lowest BCUT2D eigenvalue weighted by Gasteiger charge is -1.77. The minimum atomic E-state index is -0.134. The molecule has 1 aromatic heterocycles. The third kappa shape index (κ3) is 0.884. The van der Waals surface area contributed by atoms with Crippen LogP contribution in [-0.2, 0) is 0 Å². The molecule has 0 unspecified atom stereocenters. The molecule has 0 atom stereocenters. The molecule has 6 heteroatoms. The van der Waals surface area contributed by atoms with Crippen LogP contribution in [-0.4, -0.2) is 5.16 Å². The van der Waals surface area contributed by atoms with Gasteiger partial charge in [-0.2, -0.15) is 0 Å². The van der Waals surface area contributed by atoms with E-state index in [-0.39, 0.29) is 10.6 Å². The van der Waals surface area contributed by atoms with Gasteiger partial charge < -0.3 is 10.4 Å². The molecule has 0 bridgehead atoms. The molecule has 0 saturated carbocycles. The summed E-state index contributed by atoms with van der Waals surface area (Å²) in [7, 11) is 0. The second-order valence-corrected chi connectivity index (χ2v) is 1.16. The molecule has 0 spiro atoms. The quantitative estimate of drug-likeness (QED) is 0.347. The molecule has 0 saturated heterocycles. The van der Waals surface area contributed by atoms with Crippen molar-refractivity contribution >= 4 is 0 Å². The zero-order valence-corrected chi connectivity index (χ0v) is 4.14. The highest BCUT2D eigenvalue weighted by molar-refractivity contribution is 5.14. The van der Waals surface area contributed by atoms with Gasteiger partial charge in [0.05, 0.1) is 0 Å². The summed E-state index contributed by atoms with van der Waals surface area (Å²) in [4.78, 5) is 0.0292. The first kappa shape index (κ1) is 5.37. The first-order chi connectivity index (χ1) is 4.34. The molecule has 1 rings (SSSR count). The van der Waals surface area contributed by atoms with Gasteiger partial charge in [-0.25, -0.2) is 0 Å². The maximum absolute atomic E-state index is 10.2. The second-order valence-electron chi connectivity index (χ2n) is 1.16. The van der Waals surface area contributed by atoms with E-state index >= 15 is 0 Å². The molecule has 6 nitrogen and oxygen atoms in total. The molecule has 1 aromatic rings. The number of aromatic nitrogens is 2. The van der Waals surface area contributed by atoms with E-state index in [9.17, 15) is 10.4 Å². The van der Waals surface area contributed by atoms with E-state index in [2.05, 4.69) is 14.8 Å². The highest BCUT2D eigenvalue weighted by atomic mass is 16.8. The Morgan fingerprint density at radius 3 is 3.11 bits per heavy atom. The first-order valence-electron chi connectivity index (χ1n) is 1.97. The lowest BCUT2D eigenvalue weighted by atomic mass is 10.5. The van der Waals surface area contributed by atoms with Crippen molar-refractivity contribution in [2.45, 2.75) is 0 Å². The lowest BCUT2D eigenvalue weighted by molar-refractivity contribution is -0.804. The number of nitrogens with zero attached hydrogens (tertiary/aromatic N) is 3. The van der Waals surface area contributed by atoms with Crippen molar-refractivity contribution in [1.82, 2.24) is 5.16 Å². The van der Waals surface area contributed by atoms with Gasteiger partial charge in [0, 0.05) is 10.2 Å². The Kier molecular flexibility index (Phi) is 1.19. The molecule has 0 radical (unpaired) electrons. The average molecular weight is 127 g/mol. The molecule has 46 valence electrons. The van der Waals surface area contributed by atoms with Crippen LogP contribution in [0.5, 0.6) is 0 Å². The van der Waals surface area contributed by atoms with Crippen LogP contribution in [0.4, 0.5) is 0 Å². The van der Waals surface area contributed by atoms with E-state index in [0.29, 0.717) is 0 Å². The summed E-state index contributed by atoms with van der Waals surface area (Å²) in [6, 6.07) is 1.82. The molecule has 0 amide bonds. The van der Waals surface area contributed by atoms with Crippen LogP contribution >= 0.6 is 0 Å². The van der Waals surface area contributed by atoms with Crippen molar-refractivity contribution in [2.75, 3.05) is 0 Å². The monoisotopic (exact) mass is 127 g/mol. The zero-order chi connectivity index (χ0) is 6.69. The van der Waals surface area contributed by atoms with Gasteiger partial charge in [0.1, 0.15) is 0 Å². The van der Waals surface area contributed by atoms with Gasteiger partial charge in [-0.05, 0) is 4.90 Å². The third-order valence-corrected chi connectivity index (χ3v) is 0.653. The smallest absolute Gasteiger partial charge is 0.389 e. The highest BCUT2D eigenvalue weighted by Gasteiger charge is 2.07. The maximum atomic E-state index is 10.2. The van der Waals surface area contributed by atoms with Gasteiger partial charge in [0.2, 0.25) is 6.20 Å². The van der Waals surface area contributed by atoms with Gasteiger partial charge in [0.25, 0.3) is 0 Å². The topological polar surface area (TPSA) is 80.4 Å². The number of hydrogen-bond acceptors (Lipinski definition) is 4. The molecule has 9 heavy (non-hydrogen) atoms. The summed E-state index contributed by atoms with van der Waals surface area (Å²) >= 11 is 0. The number of hydrogen-bond donors (Lipinski definition) is 0. The summed E-state index contributed by atoms with van der Waals surface area (Å²) in [6.07, 6.45) is 1.04. The molecule has 0 N–H and O–H groups in total. The zero-order valence-electron chi connectivity index (χ0n) is 4.14. The molecule has 0 aliphatic carbocycles. The van der Waals surface area contributed by atoms with Gasteiger partial charge in [-0.15, -0.1) is 0 Å². The van der Waals surface area contributed by atoms with Crippen LogP contribution in [0, 0.1) is 16.5 Å². The normalized spacial score (nSPS) is 8.00. The van der Waals surface area contributed by atoms with Crippen molar-refractivity contribution in [3.05, 3.63) is 27.3 Å². The fourth-order valence-electron chi connectivity index (χ4n) is 0.324. The maximum Gasteiger partial charge on any atom is 0.389 e. The van der Waals surface area contributed by atoms with Crippen molar-refractivity contribution in [3.8, 4) is 6.07 Å². The van der Waals surface area contributed by atoms with Crippen LogP contribution in [0.1, 0.15) is 5.69 Å². The second kappa shape index (κ2) is 2.00. The molecular formula is C3HN3O3. The Bertz CT molecular complexity index is 257. The Hall–Kier alpha value is -1.77. The van der Waals surface area contributed by atoms with E-state index < -0.39 is 0 Å². The Morgan fingerprint density at radius 2 is 2.67 bits per heavy atom. The largest absolute Gasteiger partial charge is 0.498 e. The highest BCUT2D eigenvalue weighted by Crippen LogP contribution is 1.82.